The standard InChI is InChI=1S/C43H73O13P/c1-3-5-7-9-11-13-15-17-18-20-21-23-25-27-29-31-36(44)53-33-35(34-54-57(51,52)56-43-41(49)39(47)38(46)40(48)42(43)50)55-37(45)32-30-28-26-24-22-19-16-14-12-10-8-6-4-2/h6,8,10-17,35,38-43,46-50H,3-5,7,9,18-34H2,1-2H3,(H,51,52)/b8-6+,12-10+,13-11+,16-14+,17-15+/t35?,38?,39-,40?,41?,42?,43?/m0/s1. The number of hydrogen-bond donors (Lipinski definition) is 6. The molecule has 0 aromatic carbocycles. The number of phosphoric acid groups is 1. The highest BCUT2D eigenvalue weighted by Crippen LogP contribution is 2.47. The molecular formula is C43H73O13P. The molecule has 1 fully saturated rings. The smallest absolute Gasteiger partial charge is 0.462 e. The van der Waals surface area contributed by atoms with Gasteiger partial charge < -0.3 is 39.9 Å². The maximum absolute atomic E-state index is 12.8. The molecular weight excluding hydrogens is 755 g/mol. The summed E-state index contributed by atoms with van der Waals surface area (Å²) in [6.07, 6.45) is 25.7. The fourth-order valence-electron chi connectivity index (χ4n) is 5.98. The van der Waals surface area contributed by atoms with E-state index in [-0.39, 0.29) is 12.8 Å². The highest BCUT2D eigenvalue weighted by molar-refractivity contribution is 7.47. The zero-order valence-corrected chi connectivity index (χ0v) is 35.3. The molecule has 57 heavy (non-hydrogen) atoms. The molecule has 0 saturated heterocycles. The third-order valence-corrected chi connectivity index (χ3v) is 10.4. The van der Waals surface area contributed by atoms with E-state index in [2.05, 4.69) is 50.3 Å². The van der Waals surface area contributed by atoms with Gasteiger partial charge in [0.2, 0.25) is 0 Å². The Balaban J connectivity index is 2.53. The number of ether oxygens (including phenoxy) is 2. The lowest BCUT2D eigenvalue weighted by atomic mass is 9.85. The van der Waals surface area contributed by atoms with Crippen LogP contribution < -0.4 is 0 Å². The molecule has 0 aromatic rings. The summed E-state index contributed by atoms with van der Waals surface area (Å²) in [7, 11) is -5.12. The minimum Gasteiger partial charge on any atom is -0.462 e. The second-order valence-electron chi connectivity index (χ2n) is 14.6. The van der Waals surface area contributed by atoms with Gasteiger partial charge in [0.25, 0.3) is 0 Å². The third kappa shape index (κ3) is 26.3. The molecule has 0 amide bonds. The van der Waals surface area contributed by atoms with E-state index in [1.54, 1.807) is 0 Å². The summed E-state index contributed by atoms with van der Waals surface area (Å²) in [5.41, 5.74) is 0. The molecule has 0 bridgehead atoms. The summed E-state index contributed by atoms with van der Waals surface area (Å²) in [5, 5.41) is 50.0. The molecule has 0 aliphatic heterocycles. The second-order valence-corrected chi connectivity index (χ2v) is 16.0. The Morgan fingerprint density at radius 1 is 0.561 bits per heavy atom. The molecule has 1 saturated carbocycles. The van der Waals surface area contributed by atoms with Crippen molar-refractivity contribution in [3.63, 3.8) is 0 Å². The van der Waals surface area contributed by atoms with Crippen molar-refractivity contribution in [3.05, 3.63) is 60.8 Å². The van der Waals surface area contributed by atoms with Gasteiger partial charge in [-0.05, 0) is 57.8 Å². The Kier molecular flexibility index (Phi) is 30.8. The lowest BCUT2D eigenvalue weighted by Gasteiger charge is -2.41. The van der Waals surface area contributed by atoms with Crippen molar-refractivity contribution in [1.29, 1.82) is 0 Å². The number of carbonyl (C=O) groups excluding carboxylic acids is 2. The van der Waals surface area contributed by atoms with E-state index in [4.69, 9.17) is 18.5 Å². The van der Waals surface area contributed by atoms with Crippen LogP contribution in [0.3, 0.4) is 0 Å². The molecule has 6 N–H and O–H groups in total. The first-order chi connectivity index (χ1) is 27.4. The summed E-state index contributed by atoms with van der Waals surface area (Å²) in [5.74, 6) is -1.14. The van der Waals surface area contributed by atoms with Gasteiger partial charge in [-0.2, -0.15) is 0 Å². The largest absolute Gasteiger partial charge is 0.472 e. The van der Waals surface area contributed by atoms with Gasteiger partial charge in [-0.15, -0.1) is 0 Å². The van der Waals surface area contributed by atoms with Gasteiger partial charge in [-0.1, -0.05) is 132 Å². The Hall–Kier alpha value is -2.45. The maximum atomic E-state index is 12.8. The molecule has 0 radical (unpaired) electrons. The van der Waals surface area contributed by atoms with Crippen LogP contribution in [0.4, 0.5) is 0 Å². The average Bonchev–Trinajstić information content (AvgIpc) is 3.19. The highest BCUT2D eigenvalue weighted by Gasteiger charge is 2.51. The third-order valence-electron chi connectivity index (χ3n) is 9.43. The van der Waals surface area contributed by atoms with Crippen LogP contribution in [-0.2, 0) is 32.7 Å². The van der Waals surface area contributed by atoms with Crippen LogP contribution in [0.5, 0.6) is 0 Å². The molecule has 1 aliphatic rings. The van der Waals surface area contributed by atoms with Crippen molar-refractivity contribution in [2.24, 2.45) is 0 Å². The molecule has 1 rings (SSSR count). The number of allylic oxidation sites excluding steroid dienone is 10. The molecule has 8 atom stereocenters. The number of rotatable bonds is 33. The minimum absolute atomic E-state index is 0.0682. The average molecular weight is 829 g/mol. The summed E-state index contributed by atoms with van der Waals surface area (Å²) in [6, 6.07) is 0. The molecule has 7 unspecified atom stereocenters. The fraction of sp³-hybridized carbons (Fsp3) is 0.721. The predicted molar refractivity (Wildman–Crippen MR) is 221 cm³/mol. The van der Waals surface area contributed by atoms with Crippen molar-refractivity contribution < 1.29 is 63.1 Å². The van der Waals surface area contributed by atoms with Gasteiger partial charge in [0, 0.05) is 12.8 Å². The first-order valence-electron chi connectivity index (χ1n) is 21.1. The van der Waals surface area contributed by atoms with E-state index in [0.29, 0.717) is 12.8 Å². The van der Waals surface area contributed by atoms with Crippen LogP contribution in [-0.4, -0.2) is 98.3 Å². The Labute approximate surface area is 341 Å². The number of aliphatic hydroxyl groups is 5. The van der Waals surface area contributed by atoms with Crippen molar-refractivity contribution in [2.75, 3.05) is 13.2 Å². The van der Waals surface area contributed by atoms with Crippen LogP contribution in [0.2, 0.25) is 0 Å². The van der Waals surface area contributed by atoms with Crippen molar-refractivity contribution >= 4 is 19.8 Å². The number of esters is 2. The molecule has 0 heterocycles. The number of hydrogen-bond acceptors (Lipinski definition) is 12. The van der Waals surface area contributed by atoms with Crippen molar-refractivity contribution in [2.45, 2.75) is 185 Å². The van der Waals surface area contributed by atoms with Crippen LogP contribution in [0.15, 0.2) is 60.8 Å². The Bertz CT molecular complexity index is 1230. The molecule has 0 spiro atoms. The normalized spacial score (nSPS) is 23.3. The van der Waals surface area contributed by atoms with E-state index in [1.807, 2.05) is 24.3 Å². The zero-order valence-electron chi connectivity index (χ0n) is 34.4. The van der Waals surface area contributed by atoms with Crippen molar-refractivity contribution in [1.82, 2.24) is 0 Å². The monoisotopic (exact) mass is 828 g/mol. The van der Waals surface area contributed by atoms with Crippen LogP contribution in [0.25, 0.3) is 0 Å². The van der Waals surface area contributed by atoms with Gasteiger partial charge in [0.05, 0.1) is 6.61 Å². The SMILES string of the molecule is CC/C=C/C=C/C=C/CCCCCCCC(=O)OC(COC(=O)CCCCCCCC/C=C/C=C/CCCCC)COP(=O)(O)OC1C(O)C(O)C(O)[C@H](O)C1O. The first-order valence-corrected chi connectivity index (χ1v) is 22.6. The van der Waals surface area contributed by atoms with Gasteiger partial charge in [0.1, 0.15) is 43.2 Å². The quantitative estimate of drug-likeness (QED) is 0.0165. The predicted octanol–water partition coefficient (Wildman–Crippen LogP) is 7.38. The minimum atomic E-state index is -5.12. The van der Waals surface area contributed by atoms with E-state index < -0.39 is 75.7 Å². The maximum Gasteiger partial charge on any atom is 0.472 e. The highest BCUT2D eigenvalue weighted by atomic mass is 31.2. The molecule has 1 aliphatic carbocycles. The number of unbranched alkanes of at least 4 members (excludes halogenated alkanes) is 14. The summed E-state index contributed by atoms with van der Waals surface area (Å²) in [6.45, 7) is 3.08. The van der Waals surface area contributed by atoms with E-state index in [9.17, 15) is 44.6 Å². The van der Waals surface area contributed by atoms with E-state index >= 15 is 0 Å². The Morgan fingerprint density at radius 2 is 1.00 bits per heavy atom. The second kappa shape index (κ2) is 33.4. The molecule has 328 valence electrons. The van der Waals surface area contributed by atoms with Gasteiger partial charge >= 0.3 is 19.8 Å². The number of carbonyl (C=O) groups is 2. The lowest BCUT2D eigenvalue weighted by molar-refractivity contribution is -0.220. The Morgan fingerprint density at radius 3 is 1.53 bits per heavy atom. The lowest BCUT2D eigenvalue weighted by Crippen LogP contribution is -2.64. The van der Waals surface area contributed by atoms with E-state index in [0.717, 1.165) is 83.5 Å². The summed E-state index contributed by atoms with van der Waals surface area (Å²) >= 11 is 0. The van der Waals surface area contributed by atoms with Gasteiger partial charge in [-0.25, -0.2) is 4.57 Å². The zero-order chi connectivity index (χ0) is 42.2. The first kappa shape index (κ1) is 52.6. The topological polar surface area (TPSA) is 210 Å². The summed E-state index contributed by atoms with van der Waals surface area (Å²) < 4.78 is 33.4. The van der Waals surface area contributed by atoms with Crippen molar-refractivity contribution in [3.8, 4) is 0 Å². The van der Waals surface area contributed by atoms with Gasteiger partial charge in [0.15, 0.2) is 6.10 Å². The van der Waals surface area contributed by atoms with Crippen LogP contribution in [0.1, 0.15) is 142 Å². The van der Waals surface area contributed by atoms with Crippen LogP contribution >= 0.6 is 7.82 Å². The molecule has 13 nitrogen and oxygen atoms in total. The summed E-state index contributed by atoms with van der Waals surface area (Å²) in [4.78, 5) is 35.6. The van der Waals surface area contributed by atoms with Gasteiger partial charge in [-0.3, -0.25) is 18.6 Å². The van der Waals surface area contributed by atoms with E-state index in [1.165, 1.54) is 19.3 Å². The molecule has 14 heteroatoms. The molecule has 0 aromatic heterocycles. The number of aliphatic hydroxyl groups excluding tert-OH is 5. The fourth-order valence-corrected chi connectivity index (χ4v) is 6.95. The van der Waals surface area contributed by atoms with Crippen LogP contribution in [0, 0.1) is 0 Å². The number of phosphoric ester groups is 1.